The van der Waals surface area contributed by atoms with E-state index in [9.17, 15) is 18.0 Å². The highest BCUT2D eigenvalue weighted by atomic mass is 32.2. The number of hydrogen-bond donors (Lipinski definition) is 1. The Morgan fingerprint density at radius 3 is 2.31 bits per heavy atom. The Balaban J connectivity index is 1.44. The lowest BCUT2D eigenvalue weighted by Gasteiger charge is -2.22. The largest absolute Gasteiger partial charge is 0.497 e. The van der Waals surface area contributed by atoms with Crippen molar-refractivity contribution in [1.29, 1.82) is 0 Å². The van der Waals surface area contributed by atoms with Gasteiger partial charge in [0.25, 0.3) is 5.91 Å². The number of methoxy groups -OCH3 is 1. The van der Waals surface area contributed by atoms with Crippen LogP contribution >= 0.6 is 0 Å². The van der Waals surface area contributed by atoms with Crippen LogP contribution in [0.5, 0.6) is 5.75 Å². The van der Waals surface area contributed by atoms with Crippen LogP contribution in [0, 0.1) is 6.92 Å². The molecule has 2 aromatic rings. The molecule has 0 aromatic heterocycles. The van der Waals surface area contributed by atoms with Gasteiger partial charge < -0.3 is 14.4 Å². The van der Waals surface area contributed by atoms with Crippen LogP contribution in [0.1, 0.15) is 30.4 Å². The Bertz CT molecular complexity index is 1030. The summed E-state index contributed by atoms with van der Waals surface area (Å²) in [5, 5.41) is 0. The summed E-state index contributed by atoms with van der Waals surface area (Å²) in [6.45, 7) is 1.82. The van der Waals surface area contributed by atoms with Gasteiger partial charge in [-0.25, -0.2) is 13.1 Å². The van der Waals surface area contributed by atoms with E-state index in [4.69, 9.17) is 9.47 Å². The van der Waals surface area contributed by atoms with Gasteiger partial charge in [-0.1, -0.05) is 29.8 Å². The zero-order valence-electron chi connectivity index (χ0n) is 18.2. The van der Waals surface area contributed by atoms with E-state index in [1.54, 1.807) is 24.1 Å². The first kappa shape index (κ1) is 23.7. The quantitative estimate of drug-likeness (QED) is 0.517. The van der Waals surface area contributed by atoms with Crippen LogP contribution in [0.15, 0.2) is 53.4 Å². The minimum atomic E-state index is -3.70. The molecule has 0 atom stereocenters. The molecule has 1 N–H and O–H groups in total. The molecule has 0 radical (unpaired) electrons. The average molecular weight is 461 g/mol. The highest BCUT2D eigenvalue weighted by Gasteiger charge is 2.33. The third kappa shape index (κ3) is 6.80. The molecule has 1 saturated carbocycles. The summed E-state index contributed by atoms with van der Waals surface area (Å²) in [4.78, 5) is 26.5. The highest BCUT2D eigenvalue weighted by molar-refractivity contribution is 7.89. The molecule has 0 spiro atoms. The molecule has 0 saturated heterocycles. The van der Waals surface area contributed by atoms with Crippen molar-refractivity contribution < 1.29 is 27.5 Å². The van der Waals surface area contributed by atoms with E-state index in [1.807, 2.05) is 31.2 Å². The van der Waals surface area contributed by atoms with Crippen LogP contribution in [-0.4, -0.2) is 51.5 Å². The number of rotatable bonds is 11. The van der Waals surface area contributed by atoms with Crippen LogP contribution in [0.4, 0.5) is 0 Å². The number of ether oxygens (including phenoxy) is 2. The Kier molecular flexibility index (Phi) is 7.87. The van der Waals surface area contributed by atoms with Gasteiger partial charge in [0, 0.05) is 19.1 Å². The van der Waals surface area contributed by atoms with E-state index in [1.165, 1.54) is 12.1 Å². The lowest BCUT2D eigenvalue weighted by atomic mass is 10.2. The van der Waals surface area contributed by atoms with Gasteiger partial charge in [-0.05, 0) is 49.6 Å². The monoisotopic (exact) mass is 460 g/mol. The van der Waals surface area contributed by atoms with Crippen LogP contribution < -0.4 is 9.46 Å². The van der Waals surface area contributed by atoms with Crippen LogP contribution in [0.2, 0.25) is 0 Å². The van der Waals surface area contributed by atoms with E-state index < -0.39 is 16.0 Å². The summed E-state index contributed by atoms with van der Waals surface area (Å²) < 4.78 is 37.1. The summed E-state index contributed by atoms with van der Waals surface area (Å²) in [6.07, 6.45) is 1.69. The maximum atomic E-state index is 12.6. The van der Waals surface area contributed by atoms with Gasteiger partial charge in [-0.3, -0.25) is 9.59 Å². The van der Waals surface area contributed by atoms with Gasteiger partial charge in [-0.2, -0.15) is 0 Å². The lowest BCUT2D eigenvalue weighted by molar-refractivity contribution is -0.152. The van der Waals surface area contributed by atoms with Gasteiger partial charge in [-0.15, -0.1) is 0 Å². The molecule has 1 aliphatic carbocycles. The smallest absolute Gasteiger partial charge is 0.307 e. The molecular formula is C23H28N2O6S. The number of esters is 1. The molecule has 9 heteroatoms. The number of carbonyl (C=O) groups excluding carboxylic acids is 2. The lowest BCUT2D eigenvalue weighted by Crippen LogP contribution is -2.36. The van der Waals surface area contributed by atoms with Gasteiger partial charge in [0.1, 0.15) is 5.75 Å². The van der Waals surface area contributed by atoms with Gasteiger partial charge in [0.2, 0.25) is 10.0 Å². The maximum Gasteiger partial charge on any atom is 0.307 e. The summed E-state index contributed by atoms with van der Waals surface area (Å²) in [5.41, 5.74) is 1.91. The number of nitrogens with zero attached hydrogens (tertiary/aromatic N) is 1. The van der Waals surface area contributed by atoms with Crippen molar-refractivity contribution in [1.82, 2.24) is 9.62 Å². The fraction of sp³-hybridized carbons (Fsp3) is 0.391. The maximum absolute atomic E-state index is 12.6. The van der Waals surface area contributed by atoms with Crippen LogP contribution in [0.3, 0.4) is 0 Å². The number of hydrogen-bond acceptors (Lipinski definition) is 6. The van der Waals surface area contributed by atoms with Crippen molar-refractivity contribution in [2.45, 2.75) is 43.7 Å². The number of carbonyl (C=O) groups is 2. The van der Waals surface area contributed by atoms with E-state index in [0.29, 0.717) is 6.54 Å². The standard InChI is InChI=1S/C23H28N2O6S/c1-17-3-11-21(12-4-17)32(28,29)24-14-13-23(27)31-16-22(26)25(19-7-8-19)15-18-5-9-20(30-2)10-6-18/h3-6,9-12,19,24H,7-8,13-16H2,1-2H3. The first-order valence-electron chi connectivity index (χ1n) is 10.4. The second-order valence-electron chi connectivity index (χ2n) is 7.72. The minimum Gasteiger partial charge on any atom is -0.497 e. The molecule has 8 nitrogen and oxygen atoms in total. The third-order valence-corrected chi connectivity index (χ3v) is 6.61. The van der Waals surface area contributed by atoms with Gasteiger partial charge in [0.15, 0.2) is 6.61 Å². The first-order valence-corrected chi connectivity index (χ1v) is 11.9. The Hall–Kier alpha value is -2.91. The molecule has 1 aliphatic rings. The van der Waals surface area contributed by atoms with E-state index in [-0.39, 0.29) is 36.4 Å². The molecule has 0 unspecified atom stereocenters. The Morgan fingerprint density at radius 2 is 1.72 bits per heavy atom. The van der Waals surface area contributed by atoms with Crippen molar-refractivity contribution >= 4 is 21.9 Å². The van der Waals surface area contributed by atoms with Crippen LogP contribution in [0.25, 0.3) is 0 Å². The van der Waals surface area contributed by atoms with Crippen LogP contribution in [-0.2, 0) is 30.9 Å². The van der Waals surface area contributed by atoms with Crippen molar-refractivity contribution in [3.63, 3.8) is 0 Å². The number of benzene rings is 2. The van der Waals surface area contributed by atoms with Crippen molar-refractivity contribution in [2.75, 3.05) is 20.3 Å². The van der Waals surface area contributed by atoms with Crippen molar-refractivity contribution in [3.8, 4) is 5.75 Å². The van der Waals surface area contributed by atoms with Crippen molar-refractivity contribution in [2.24, 2.45) is 0 Å². The third-order valence-electron chi connectivity index (χ3n) is 5.13. The summed E-state index contributed by atoms with van der Waals surface area (Å²) >= 11 is 0. The fourth-order valence-electron chi connectivity index (χ4n) is 3.12. The number of nitrogens with one attached hydrogen (secondary N) is 1. The molecule has 172 valence electrons. The summed E-state index contributed by atoms with van der Waals surface area (Å²) in [7, 11) is -2.11. The SMILES string of the molecule is COc1ccc(CN(C(=O)COC(=O)CCNS(=O)(=O)c2ccc(C)cc2)C2CC2)cc1. The normalized spacial score (nSPS) is 13.4. The second kappa shape index (κ2) is 10.6. The molecule has 1 fully saturated rings. The zero-order valence-corrected chi connectivity index (χ0v) is 19.1. The molecule has 2 aromatic carbocycles. The van der Waals surface area contributed by atoms with E-state index in [2.05, 4.69) is 4.72 Å². The minimum absolute atomic E-state index is 0.110. The number of aryl methyl sites for hydroxylation is 1. The topological polar surface area (TPSA) is 102 Å². The Morgan fingerprint density at radius 1 is 1.06 bits per heavy atom. The summed E-state index contributed by atoms with van der Waals surface area (Å²) in [6, 6.07) is 14.0. The van der Waals surface area contributed by atoms with Crippen molar-refractivity contribution in [3.05, 3.63) is 59.7 Å². The van der Waals surface area contributed by atoms with Gasteiger partial charge in [0.05, 0.1) is 18.4 Å². The molecule has 3 rings (SSSR count). The average Bonchev–Trinajstić information content (AvgIpc) is 3.61. The predicted molar refractivity (Wildman–Crippen MR) is 119 cm³/mol. The number of amides is 1. The van der Waals surface area contributed by atoms with Gasteiger partial charge >= 0.3 is 5.97 Å². The zero-order chi connectivity index (χ0) is 23.1. The fourth-order valence-corrected chi connectivity index (χ4v) is 4.15. The van der Waals surface area contributed by atoms with E-state index in [0.717, 1.165) is 29.7 Å². The second-order valence-corrected chi connectivity index (χ2v) is 9.49. The molecule has 0 bridgehead atoms. The predicted octanol–water partition coefficient (Wildman–Crippen LogP) is 2.41. The first-order chi connectivity index (χ1) is 15.3. The number of sulfonamides is 1. The van der Waals surface area contributed by atoms with E-state index >= 15 is 0 Å². The highest BCUT2D eigenvalue weighted by Crippen LogP contribution is 2.28. The molecule has 0 aliphatic heterocycles. The summed E-state index contributed by atoms with van der Waals surface area (Å²) in [5.74, 6) is -0.160. The molecule has 0 heterocycles. The molecule has 32 heavy (non-hydrogen) atoms. The molecule has 1 amide bonds. The Labute approximate surface area is 188 Å². The molecular weight excluding hydrogens is 432 g/mol.